The molecule has 158 valence electrons. The fourth-order valence-electron chi connectivity index (χ4n) is 3.65. The number of methoxy groups -OCH3 is 1. The van der Waals surface area contributed by atoms with E-state index in [-0.39, 0.29) is 6.10 Å². The maximum absolute atomic E-state index is 11.9. The zero-order chi connectivity index (χ0) is 21.1. The third-order valence-electron chi connectivity index (χ3n) is 5.28. The molecule has 2 aromatic heterocycles. The van der Waals surface area contributed by atoms with Gasteiger partial charge in [-0.3, -0.25) is 4.79 Å². The van der Waals surface area contributed by atoms with E-state index in [0.717, 1.165) is 53.0 Å². The quantitative estimate of drug-likeness (QED) is 0.591. The number of amides is 1. The molecule has 30 heavy (non-hydrogen) atoms. The topological polar surface area (TPSA) is 88.6 Å². The Morgan fingerprint density at radius 2 is 2.10 bits per heavy atom. The van der Waals surface area contributed by atoms with E-state index in [1.165, 1.54) is 11.3 Å². The van der Waals surface area contributed by atoms with E-state index in [2.05, 4.69) is 4.57 Å². The van der Waals surface area contributed by atoms with Crippen molar-refractivity contribution in [1.29, 1.82) is 0 Å². The van der Waals surface area contributed by atoms with Crippen molar-refractivity contribution in [2.45, 2.75) is 39.0 Å². The summed E-state index contributed by atoms with van der Waals surface area (Å²) in [6.07, 6.45) is 2.22. The molecule has 1 aliphatic rings. The molecule has 1 amide bonds. The van der Waals surface area contributed by atoms with Crippen LogP contribution in [0.1, 0.15) is 33.9 Å². The second kappa shape index (κ2) is 8.89. The van der Waals surface area contributed by atoms with Crippen LogP contribution in [0.15, 0.2) is 35.7 Å². The predicted molar refractivity (Wildman–Crippen MR) is 115 cm³/mol. The number of ether oxygens (including phenoxy) is 3. The van der Waals surface area contributed by atoms with Crippen molar-refractivity contribution in [3.05, 3.63) is 52.0 Å². The molecule has 1 aliphatic heterocycles. The number of thiazole rings is 1. The van der Waals surface area contributed by atoms with Crippen LogP contribution in [0.25, 0.3) is 11.4 Å². The van der Waals surface area contributed by atoms with E-state index in [0.29, 0.717) is 18.7 Å². The molecule has 8 heteroatoms. The first-order chi connectivity index (χ1) is 14.5. The molecule has 0 spiro atoms. The SMILES string of the molecule is COc1ccc(OCc2nc(-c3cc(C(N)=O)c(C)n3CC3CCCO3)cs2)cc1. The monoisotopic (exact) mass is 427 g/mol. The van der Waals surface area contributed by atoms with Gasteiger partial charge in [-0.1, -0.05) is 0 Å². The molecule has 0 radical (unpaired) electrons. The molecule has 0 saturated carbocycles. The van der Waals surface area contributed by atoms with Crippen LogP contribution in [0.3, 0.4) is 0 Å². The van der Waals surface area contributed by atoms with E-state index in [1.54, 1.807) is 7.11 Å². The van der Waals surface area contributed by atoms with Crippen LogP contribution in [-0.2, 0) is 17.9 Å². The Bertz CT molecular complexity index is 1020. The molecule has 0 aliphatic carbocycles. The van der Waals surface area contributed by atoms with E-state index in [9.17, 15) is 4.79 Å². The number of carbonyl (C=O) groups is 1. The molecule has 3 aromatic rings. The van der Waals surface area contributed by atoms with E-state index < -0.39 is 5.91 Å². The van der Waals surface area contributed by atoms with Gasteiger partial charge in [-0.15, -0.1) is 11.3 Å². The van der Waals surface area contributed by atoms with Gasteiger partial charge >= 0.3 is 0 Å². The summed E-state index contributed by atoms with van der Waals surface area (Å²) in [4.78, 5) is 16.6. The Morgan fingerprint density at radius 1 is 1.33 bits per heavy atom. The minimum Gasteiger partial charge on any atom is -0.497 e. The number of nitrogens with zero attached hydrogens (tertiary/aromatic N) is 2. The van der Waals surface area contributed by atoms with Gasteiger partial charge in [0.1, 0.15) is 23.1 Å². The second-order valence-corrected chi connectivity index (χ2v) is 8.17. The highest BCUT2D eigenvalue weighted by Gasteiger charge is 2.23. The Kier molecular flexibility index (Phi) is 6.06. The van der Waals surface area contributed by atoms with Crippen molar-refractivity contribution in [2.24, 2.45) is 5.73 Å². The van der Waals surface area contributed by atoms with Crippen LogP contribution < -0.4 is 15.2 Å². The van der Waals surface area contributed by atoms with Crippen molar-refractivity contribution < 1.29 is 19.0 Å². The van der Waals surface area contributed by atoms with Crippen LogP contribution in [0.5, 0.6) is 11.5 Å². The van der Waals surface area contributed by atoms with E-state index in [1.807, 2.05) is 42.6 Å². The van der Waals surface area contributed by atoms with Crippen LogP contribution >= 0.6 is 11.3 Å². The fraction of sp³-hybridized carbons (Fsp3) is 0.364. The number of nitrogens with two attached hydrogens (primary N) is 1. The first-order valence-electron chi connectivity index (χ1n) is 9.88. The van der Waals surface area contributed by atoms with Crippen LogP contribution in [0.2, 0.25) is 0 Å². The molecule has 7 nitrogen and oxygen atoms in total. The second-order valence-electron chi connectivity index (χ2n) is 7.23. The molecule has 1 fully saturated rings. The summed E-state index contributed by atoms with van der Waals surface area (Å²) in [5, 5.41) is 2.84. The minimum atomic E-state index is -0.432. The summed E-state index contributed by atoms with van der Waals surface area (Å²) < 4.78 is 18.9. The smallest absolute Gasteiger partial charge is 0.250 e. The molecule has 1 aromatic carbocycles. The standard InChI is InChI=1S/C22H25N3O4S/c1-14-18(22(23)26)10-20(25(14)11-17-4-3-9-28-17)19-13-30-21(24-19)12-29-16-7-5-15(27-2)6-8-16/h5-8,10,13,17H,3-4,9,11-12H2,1-2H3,(H2,23,26). The maximum atomic E-state index is 11.9. The molecular weight excluding hydrogens is 402 g/mol. The Hall–Kier alpha value is -2.84. The summed E-state index contributed by atoms with van der Waals surface area (Å²) in [7, 11) is 1.63. The predicted octanol–water partition coefficient (Wildman–Crippen LogP) is 3.79. The minimum absolute atomic E-state index is 0.145. The largest absolute Gasteiger partial charge is 0.497 e. The van der Waals surface area contributed by atoms with Crippen molar-refractivity contribution in [1.82, 2.24) is 9.55 Å². The molecule has 0 bridgehead atoms. The zero-order valence-corrected chi connectivity index (χ0v) is 17.9. The summed E-state index contributed by atoms with van der Waals surface area (Å²) in [6.45, 7) is 3.75. The van der Waals surface area contributed by atoms with Gasteiger partial charge in [0.05, 0.1) is 30.2 Å². The van der Waals surface area contributed by atoms with E-state index in [4.69, 9.17) is 24.9 Å². The maximum Gasteiger partial charge on any atom is 0.250 e. The van der Waals surface area contributed by atoms with Crippen molar-refractivity contribution in [2.75, 3.05) is 13.7 Å². The molecule has 2 N–H and O–H groups in total. The van der Waals surface area contributed by atoms with Gasteiger partial charge in [0, 0.05) is 24.2 Å². The van der Waals surface area contributed by atoms with Gasteiger partial charge in [-0.05, 0) is 50.1 Å². The zero-order valence-electron chi connectivity index (χ0n) is 17.1. The molecule has 4 rings (SSSR count). The highest BCUT2D eigenvalue weighted by Crippen LogP contribution is 2.29. The number of rotatable bonds is 8. The molecule has 1 saturated heterocycles. The lowest BCUT2D eigenvalue weighted by atomic mass is 10.2. The van der Waals surface area contributed by atoms with Gasteiger partial charge in [0.15, 0.2) is 0 Å². The summed E-state index contributed by atoms with van der Waals surface area (Å²) in [5.74, 6) is 1.10. The third-order valence-corrected chi connectivity index (χ3v) is 6.10. The summed E-state index contributed by atoms with van der Waals surface area (Å²) >= 11 is 1.52. The van der Waals surface area contributed by atoms with Crippen molar-refractivity contribution in [3.63, 3.8) is 0 Å². The first-order valence-corrected chi connectivity index (χ1v) is 10.8. The lowest BCUT2D eigenvalue weighted by Gasteiger charge is -2.15. The van der Waals surface area contributed by atoms with Crippen molar-refractivity contribution >= 4 is 17.2 Å². The number of primary amides is 1. The highest BCUT2D eigenvalue weighted by atomic mass is 32.1. The van der Waals surface area contributed by atoms with Crippen LogP contribution in [0.4, 0.5) is 0 Å². The first kappa shape index (κ1) is 20.4. The molecule has 1 atom stereocenters. The number of aromatic nitrogens is 2. The van der Waals surface area contributed by atoms with Crippen LogP contribution in [0, 0.1) is 6.92 Å². The third kappa shape index (κ3) is 4.34. The van der Waals surface area contributed by atoms with Crippen molar-refractivity contribution in [3.8, 4) is 22.9 Å². The molecule has 1 unspecified atom stereocenters. The Morgan fingerprint density at radius 3 is 2.77 bits per heavy atom. The Balaban J connectivity index is 1.53. The lowest BCUT2D eigenvalue weighted by molar-refractivity contribution is 0.0961. The van der Waals surface area contributed by atoms with Gasteiger partial charge in [-0.2, -0.15) is 0 Å². The highest BCUT2D eigenvalue weighted by molar-refractivity contribution is 7.09. The number of hydrogen-bond donors (Lipinski definition) is 1. The van der Waals surface area contributed by atoms with Gasteiger partial charge < -0.3 is 24.5 Å². The average molecular weight is 428 g/mol. The summed E-state index contributed by atoms with van der Waals surface area (Å²) in [6, 6.07) is 9.27. The van der Waals surface area contributed by atoms with Crippen LogP contribution in [-0.4, -0.2) is 35.3 Å². The normalized spacial score (nSPS) is 16.0. The lowest BCUT2D eigenvalue weighted by Crippen LogP contribution is -2.18. The van der Waals surface area contributed by atoms with Gasteiger partial charge in [-0.25, -0.2) is 4.98 Å². The average Bonchev–Trinajstić information content (AvgIpc) is 3.49. The number of carbonyl (C=O) groups excluding carboxylic acids is 1. The number of hydrogen-bond acceptors (Lipinski definition) is 6. The van der Waals surface area contributed by atoms with E-state index >= 15 is 0 Å². The fourth-order valence-corrected chi connectivity index (χ4v) is 4.35. The molecule has 3 heterocycles. The molecular formula is C22H25N3O4S. The van der Waals surface area contributed by atoms with Gasteiger partial charge in [0.25, 0.3) is 5.91 Å². The van der Waals surface area contributed by atoms with Gasteiger partial charge in [0.2, 0.25) is 0 Å². The number of benzene rings is 1. The summed E-state index contributed by atoms with van der Waals surface area (Å²) in [5.41, 5.74) is 8.64. The Labute approximate surface area is 179 Å².